The summed E-state index contributed by atoms with van der Waals surface area (Å²) in [5.74, 6) is 0. The molecule has 0 aliphatic heterocycles. The summed E-state index contributed by atoms with van der Waals surface area (Å²) < 4.78 is 53.9. The van der Waals surface area contributed by atoms with Crippen molar-refractivity contribution in [1.82, 2.24) is 9.44 Å². The van der Waals surface area contributed by atoms with E-state index in [-0.39, 0.29) is 47.1 Å². The van der Waals surface area contributed by atoms with Crippen molar-refractivity contribution in [3.63, 3.8) is 0 Å². The number of benzene rings is 2. The molecular weight excluding hydrogens is 464 g/mol. The Kier molecular flexibility index (Phi) is 8.01. The van der Waals surface area contributed by atoms with Crippen molar-refractivity contribution in [2.24, 2.45) is 0 Å². The third-order valence-corrected chi connectivity index (χ3v) is 7.48. The van der Waals surface area contributed by atoms with Crippen LogP contribution in [0.4, 0.5) is 11.4 Å². The zero-order valence-electron chi connectivity index (χ0n) is 17.3. The molecule has 2 aromatic carbocycles. The number of unbranched alkanes of at least 4 members (excludes halogenated alkanes) is 1. The highest BCUT2D eigenvalue weighted by atomic mass is 32.2. The van der Waals surface area contributed by atoms with Crippen LogP contribution in [0.15, 0.2) is 46.2 Å². The topological polar surface area (TPSA) is 179 Å². The third kappa shape index (κ3) is 6.29. The van der Waals surface area contributed by atoms with E-state index < -0.39 is 29.9 Å². The highest BCUT2D eigenvalue weighted by molar-refractivity contribution is 7.89. The molecule has 0 radical (unpaired) electrons. The van der Waals surface area contributed by atoms with E-state index in [1.54, 1.807) is 0 Å². The third-order valence-electron chi connectivity index (χ3n) is 4.56. The lowest BCUT2D eigenvalue weighted by Gasteiger charge is -2.09. The largest absolute Gasteiger partial charge is 0.273 e. The van der Waals surface area contributed by atoms with Gasteiger partial charge in [-0.25, -0.2) is 26.3 Å². The van der Waals surface area contributed by atoms with Crippen LogP contribution in [0.3, 0.4) is 0 Å². The Morgan fingerprint density at radius 3 is 1.38 bits per heavy atom. The van der Waals surface area contributed by atoms with Crippen molar-refractivity contribution in [1.29, 1.82) is 0 Å². The van der Waals surface area contributed by atoms with Crippen molar-refractivity contribution in [2.45, 2.75) is 36.5 Å². The van der Waals surface area contributed by atoms with E-state index in [1.807, 2.05) is 0 Å². The molecule has 0 fully saturated rings. The minimum Gasteiger partial charge on any atom is -0.258 e. The molecule has 0 aliphatic carbocycles. The van der Waals surface area contributed by atoms with Gasteiger partial charge in [-0.1, -0.05) is 12.1 Å². The van der Waals surface area contributed by atoms with Crippen molar-refractivity contribution in [2.75, 3.05) is 13.1 Å². The van der Waals surface area contributed by atoms with Crippen LogP contribution >= 0.6 is 0 Å². The standard InChI is InChI=1S/C18H22N4O8S2/c1-13-5-7-15(11-17(13)21(23)24)31(27,28)19-9-3-4-10-20-32(29,30)16-8-6-14(2)18(12-16)22(25)26/h5-8,11-12,19-20H,3-4,9-10H2,1-2H3. The molecule has 2 rings (SSSR count). The van der Waals surface area contributed by atoms with E-state index in [9.17, 15) is 37.1 Å². The molecule has 2 N–H and O–H groups in total. The van der Waals surface area contributed by atoms with Gasteiger partial charge in [-0.2, -0.15) is 0 Å². The number of sulfonamides is 2. The molecule has 14 heteroatoms. The lowest BCUT2D eigenvalue weighted by molar-refractivity contribution is -0.385. The van der Waals surface area contributed by atoms with Gasteiger partial charge in [0.2, 0.25) is 20.0 Å². The van der Waals surface area contributed by atoms with Crippen LogP contribution < -0.4 is 9.44 Å². The number of rotatable bonds is 11. The summed E-state index contributed by atoms with van der Waals surface area (Å²) >= 11 is 0. The Morgan fingerprint density at radius 2 is 1.06 bits per heavy atom. The van der Waals surface area contributed by atoms with Gasteiger partial charge in [-0.15, -0.1) is 0 Å². The lowest BCUT2D eigenvalue weighted by atomic mass is 10.2. The smallest absolute Gasteiger partial charge is 0.258 e. The van der Waals surface area contributed by atoms with Crippen molar-refractivity contribution in [3.8, 4) is 0 Å². The van der Waals surface area contributed by atoms with Crippen molar-refractivity contribution in [3.05, 3.63) is 67.8 Å². The Morgan fingerprint density at radius 1 is 0.719 bits per heavy atom. The van der Waals surface area contributed by atoms with Crippen LogP contribution in [0.25, 0.3) is 0 Å². The summed E-state index contributed by atoms with van der Waals surface area (Å²) in [6.07, 6.45) is 0.563. The maximum atomic E-state index is 12.3. The van der Waals surface area contributed by atoms with Crippen molar-refractivity contribution < 1.29 is 26.7 Å². The normalized spacial score (nSPS) is 11.9. The maximum Gasteiger partial charge on any atom is 0.273 e. The van der Waals surface area contributed by atoms with E-state index in [2.05, 4.69) is 9.44 Å². The predicted molar refractivity (Wildman–Crippen MR) is 115 cm³/mol. The van der Waals surface area contributed by atoms with Crippen LogP contribution in [0.2, 0.25) is 0 Å². The summed E-state index contributed by atoms with van der Waals surface area (Å²) in [5, 5.41) is 22.0. The van der Waals surface area contributed by atoms with E-state index in [0.717, 1.165) is 12.1 Å². The second-order valence-corrected chi connectivity index (χ2v) is 10.4. The van der Waals surface area contributed by atoms with Crippen LogP contribution in [0.5, 0.6) is 0 Å². The van der Waals surface area contributed by atoms with Gasteiger partial charge in [0.05, 0.1) is 19.6 Å². The van der Waals surface area contributed by atoms with Gasteiger partial charge in [-0.3, -0.25) is 20.2 Å². The van der Waals surface area contributed by atoms with Crippen LogP contribution in [-0.2, 0) is 20.0 Å². The van der Waals surface area contributed by atoms with Gasteiger partial charge in [0.1, 0.15) is 0 Å². The first-order valence-corrected chi connectivity index (χ1v) is 12.3. The Labute approximate surface area is 185 Å². The molecule has 0 aliphatic rings. The number of hydrogen-bond acceptors (Lipinski definition) is 8. The first-order chi connectivity index (χ1) is 14.8. The Balaban J connectivity index is 1.89. The van der Waals surface area contributed by atoms with E-state index in [4.69, 9.17) is 0 Å². The van der Waals surface area contributed by atoms with Gasteiger partial charge in [0.25, 0.3) is 11.4 Å². The second-order valence-electron chi connectivity index (χ2n) is 6.91. The SMILES string of the molecule is Cc1ccc(S(=O)(=O)NCCCCNS(=O)(=O)c2ccc(C)c([N+](=O)[O-])c2)cc1[N+](=O)[O-]. The molecule has 0 saturated carbocycles. The quantitative estimate of drug-likeness (QED) is 0.275. The van der Waals surface area contributed by atoms with Gasteiger partial charge in [0.15, 0.2) is 0 Å². The van der Waals surface area contributed by atoms with E-state index >= 15 is 0 Å². The number of aryl methyl sites for hydroxylation is 2. The summed E-state index contributed by atoms with van der Waals surface area (Å²) in [4.78, 5) is 20.2. The van der Waals surface area contributed by atoms with Gasteiger partial charge in [-0.05, 0) is 38.8 Å². The zero-order valence-corrected chi connectivity index (χ0v) is 18.9. The molecule has 2 aromatic rings. The molecule has 0 aromatic heterocycles. The molecule has 0 amide bonds. The summed E-state index contributed by atoms with van der Waals surface area (Å²) in [7, 11) is -7.93. The zero-order chi connectivity index (χ0) is 24.1. The average Bonchev–Trinajstić information content (AvgIpc) is 2.70. The monoisotopic (exact) mass is 486 g/mol. The fourth-order valence-electron chi connectivity index (χ4n) is 2.74. The van der Waals surface area contributed by atoms with Crippen LogP contribution in [0.1, 0.15) is 24.0 Å². The summed E-state index contributed by atoms with van der Waals surface area (Å²) in [6.45, 7) is 2.97. The number of nitrogens with one attached hydrogen (secondary N) is 2. The maximum absolute atomic E-state index is 12.3. The summed E-state index contributed by atoms with van der Waals surface area (Å²) in [6, 6.07) is 7.17. The molecule has 12 nitrogen and oxygen atoms in total. The number of nitrogens with zero attached hydrogens (tertiary/aromatic N) is 2. The Hall–Kier alpha value is -2.94. The van der Waals surface area contributed by atoms with E-state index in [0.29, 0.717) is 11.1 Å². The fraction of sp³-hybridized carbons (Fsp3) is 0.333. The molecule has 0 saturated heterocycles. The molecule has 0 bridgehead atoms. The number of nitro groups is 2. The highest BCUT2D eigenvalue weighted by Gasteiger charge is 2.21. The first kappa shape index (κ1) is 25.3. The Bertz CT molecular complexity index is 1150. The molecule has 0 heterocycles. The van der Waals surface area contributed by atoms with Crippen molar-refractivity contribution >= 4 is 31.4 Å². The molecule has 0 unspecified atom stereocenters. The average molecular weight is 487 g/mol. The molecule has 0 spiro atoms. The number of hydrogen-bond donors (Lipinski definition) is 2. The first-order valence-electron chi connectivity index (χ1n) is 9.34. The minimum absolute atomic E-state index is 0.0122. The lowest BCUT2D eigenvalue weighted by Crippen LogP contribution is -2.27. The van der Waals surface area contributed by atoms with Crippen LogP contribution in [0, 0.1) is 34.1 Å². The molecule has 174 valence electrons. The van der Waals surface area contributed by atoms with Gasteiger partial charge in [0, 0.05) is 36.3 Å². The fourth-order valence-corrected chi connectivity index (χ4v) is 4.92. The molecule has 0 atom stereocenters. The minimum atomic E-state index is -3.97. The second kappa shape index (κ2) is 10.1. The van der Waals surface area contributed by atoms with Gasteiger partial charge < -0.3 is 0 Å². The van der Waals surface area contributed by atoms with Crippen LogP contribution in [-0.4, -0.2) is 39.8 Å². The van der Waals surface area contributed by atoms with E-state index in [1.165, 1.54) is 38.1 Å². The predicted octanol–water partition coefficient (Wildman–Crippen LogP) is 2.16. The molecule has 32 heavy (non-hydrogen) atoms. The summed E-state index contributed by atoms with van der Waals surface area (Å²) in [5.41, 5.74) is 0.0533. The molecular formula is C18H22N4O8S2. The number of nitro benzene ring substituents is 2. The van der Waals surface area contributed by atoms with Gasteiger partial charge >= 0.3 is 0 Å². The highest BCUT2D eigenvalue weighted by Crippen LogP contribution is 2.23.